The number of ether oxygens (including phenoxy) is 1. The van der Waals surface area contributed by atoms with E-state index in [2.05, 4.69) is 19.2 Å². The van der Waals surface area contributed by atoms with Gasteiger partial charge in [0.2, 0.25) is 0 Å². The monoisotopic (exact) mass is 241 g/mol. The maximum atomic E-state index is 10.9. The SMILES string of the molecule is CCC1(C)CC(O)(C2CCCCCN2)CCO1. The van der Waals surface area contributed by atoms with Crippen molar-refractivity contribution in [2.45, 2.75) is 76.0 Å². The Labute approximate surface area is 105 Å². The molecule has 3 heteroatoms. The van der Waals surface area contributed by atoms with E-state index < -0.39 is 5.60 Å². The molecule has 0 saturated carbocycles. The van der Waals surface area contributed by atoms with Gasteiger partial charge in [-0.05, 0) is 32.7 Å². The molecule has 2 N–H and O–H groups in total. The first-order chi connectivity index (χ1) is 8.08. The normalized spacial score (nSPS) is 44.3. The van der Waals surface area contributed by atoms with E-state index in [1.54, 1.807) is 0 Å². The maximum absolute atomic E-state index is 10.9. The second kappa shape index (κ2) is 5.25. The summed E-state index contributed by atoms with van der Waals surface area (Å²) in [4.78, 5) is 0. The summed E-state index contributed by atoms with van der Waals surface area (Å²) in [5.74, 6) is 0. The van der Waals surface area contributed by atoms with Gasteiger partial charge < -0.3 is 15.2 Å². The number of hydrogen-bond acceptors (Lipinski definition) is 3. The summed E-state index contributed by atoms with van der Waals surface area (Å²) < 4.78 is 5.84. The number of nitrogens with one attached hydrogen (secondary N) is 1. The average molecular weight is 241 g/mol. The molecule has 2 aliphatic rings. The first-order valence-electron chi connectivity index (χ1n) is 7.18. The van der Waals surface area contributed by atoms with Gasteiger partial charge in [0.15, 0.2) is 0 Å². The van der Waals surface area contributed by atoms with Gasteiger partial charge in [-0.2, -0.15) is 0 Å². The van der Waals surface area contributed by atoms with Crippen LogP contribution in [-0.2, 0) is 4.74 Å². The van der Waals surface area contributed by atoms with Crippen LogP contribution in [0.2, 0.25) is 0 Å². The van der Waals surface area contributed by atoms with Gasteiger partial charge in [0, 0.05) is 18.9 Å². The van der Waals surface area contributed by atoms with Crippen LogP contribution in [0.3, 0.4) is 0 Å². The van der Waals surface area contributed by atoms with Crippen molar-refractivity contribution in [2.75, 3.05) is 13.2 Å². The molecule has 2 rings (SSSR count). The van der Waals surface area contributed by atoms with Crippen molar-refractivity contribution in [1.29, 1.82) is 0 Å². The third-order valence-electron chi connectivity index (χ3n) is 4.62. The fourth-order valence-corrected chi connectivity index (χ4v) is 3.27. The summed E-state index contributed by atoms with van der Waals surface area (Å²) >= 11 is 0. The lowest BCUT2D eigenvalue weighted by Crippen LogP contribution is -2.58. The summed E-state index contributed by atoms with van der Waals surface area (Å²) in [5.41, 5.74) is -0.700. The van der Waals surface area contributed by atoms with Gasteiger partial charge in [-0.3, -0.25) is 0 Å². The predicted molar refractivity (Wildman–Crippen MR) is 69.1 cm³/mol. The van der Waals surface area contributed by atoms with E-state index in [0.29, 0.717) is 6.61 Å². The van der Waals surface area contributed by atoms with E-state index in [9.17, 15) is 5.11 Å². The van der Waals surface area contributed by atoms with E-state index >= 15 is 0 Å². The van der Waals surface area contributed by atoms with Crippen LogP contribution >= 0.6 is 0 Å². The van der Waals surface area contributed by atoms with Gasteiger partial charge in [-0.15, -0.1) is 0 Å². The van der Waals surface area contributed by atoms with Gasteiger partial charge in [-0.25, -0.2) is 0 Å². The van der Waals surface area contributed by atoms with E-state index in [0.717, 1.165) is 32.2 Å². The Morgan fingerprint density at radius 2 is 2.18 bits per heavy atom. The minimum atomic E-state index is -0.562. The van der Waals surface area contributed by atoms with Crippen LogP contribution in [0.15, 0.2) is 0 Å². The largest absolute Gasteiger partial charge is 0.388 e. The number of aliphatic hydroxyl groups is 1. The van der Waals surface area contributed by atoms with Gasteiger partial charge in [0.05, 0.1) is 17.8 Å². The van der Waals surface area contributed by atoms with Crippen LogP contribution in [0, 0.1) is 0 Å². The molecule has 0 spiro atoms. The molecule has 2 fully saturated rings. The Balaban J connectivity index is 2.05. The molecule has 0 bridgehead atoms. The molecular weight excluding hydrogens is 214 g/mol. The fraction of sp³-hybridized carbons (Fsp3) is 1.00. The van der Waals surface area contributed by atoms with Gasteiger partial charge in [0.1, 0.15) is 0 Å². The fourth-order valence-electron chi connectivity index (χ4n) is 3.27. The first-order valence-corrected chi connectivity index (χ1v) is 7.18. The molecule has 2 aliphatic heterocycles. The van der Waals surface area contributed by atoms with Crippen LogP contribution in [-0.4, -0.2) is 35.5 Å². The highest BCUT2D eigenvalue weighted by molar-refractivity contribution is 5.00. The second-order valence-electron chi connectivity index (χ2n) is 6.04. The molecular formula is C14H27NO2. The van der Waals surface area contributed by atoms with Crippen molar-refractivity contribution in [3.05, 3.63) is 0 Å². The van der Waals surface area contributed by atoms with Gasteiger partial charge in [0.25, 0.3) is 0 Å². The molecule has 3 nitrogen and oxygen atoms in total. The number of rotatable bonds is 2. The molecule has 100 valence electrons. The van der Waals surface area contributed by atoms with Crippen LogP contribution in [0.4, 0.5) is 0 Å². The summed E-state index contributed by atoms with van der Waals surface area (Å²) in [6.45, 7) is 6.02. The Hall–Kier alpha value is -0.120. The second-order valence-corrected chi connectivity index (χ2v) is 6.04. The topological polar surface area (TPSA) is 41.5 Å². The van der Waals surface area contributed by atoms with Crippen molar-refractivity contribution < 1.29 is 9.84 Å². The molecule has 0 aromatic carbocycles. The zero-order valence-electron chi connectivity index (χ0n) is 11.3. The smallest absolute Gasteiger partial charge is 0.0849 e. The summed E-state index contributed by atoms with van der Waals surface area (Å²) in [6, 6.07) is 0.264. The lowest BCUT2D eigenvalue weighted by molar-refractivity contribution is -0.165. The zero-order chi connectivity index (χ0) is 12.4. The van der Waals surface area contributed by atoms with E-state index in [-0.39, 0.29) is 11.6 Å². The molecule has 2 saturated heterocycles. The van der Waals surface area contributed by atoms with E-state index in [4.69, 9.17) is 4.74 Å². The molecule has 3 atom stereocenters. The van der Waals surface area contributed by atoms with Crippen LogP contribution in [0.1, 0.15) is 58.8 Å². The molecule has 0 radical (unpaired) electrons. The molecule has 0 aromatic rings. The molecule has 0 amide bonds. The van der Waals surface area contributed by atoms with E-state index in [1.807, 2.05) is 0 Å². The highest BCUT2D eigenvalue weighted by atomic mass is 16.5. The van der Waals surface area contributed by atoms with E-state index in [1.165, 1.54) is 19.3 Å². The maximum Gasteiger partial charge on any atom is 0.0849 e. The summed E-state index contributed by atoms with van der Waals surface area (Å²) in [6.07, 6.45) is 7.41. The van der Waals surface area contributed by atoms with Crippen LogP contribution in [0.25, 0.3) is 0 Å². The number of hydrogen-bond donors (Lipinski definition) is 2. The highest BCUT2D eigenvalue weighted by Gasteiger charge is 2.45. The van der Waals surface area contributed by atoms with Gasteiger partial charge in [-0.1, -0.05) is 19.8 Å². The summed E-state index contributed by atoms with van der Waals surface area (Å²) in [7, 11) is 0. The van der Waals surface area contributed by atoms with Crippen molar-refractivity contribution in [3.8, 4) is 0 Å². The quantitative estimate of drug-likeness (QED) is 0.779. The third kappa shape index (κ3) is 3.01. The Morgan fingerprint density at radius 3 is 2.94 bits per heavy atom. The molecule has 3 unspecified atom stereocenters. The molecule has 17 heavy (non-hydrogen) atoms. The average Bonchev–Trinajstić information content (AvgIpc) is 2.58. The predicted octanol–water partition coefficient (Wildman–Crippen LogP) is 2.23. The highest BCUT2D eigenvalue weighted by Crippen LogP contribution is 2.38. The Bertz CT molecular complexity index is 251. The first kappa shape index (κ1) is 13.3. The third-order valence-corrected chi connectivity index (χ3v) is 4.62. The van der Waals surface area contributed by atoms with Crippen LogP contribution < -0.4 is 5.32 Å². The molecule has 0 aliphatic carbocycles. The van der Waals surface area contributed by atoms with Crippen molar-refractivity contribution in [3.63, 3.8) is 0 Å². The van der Waals surface area contributed by atoms with Crippen LogP contribution in [0.5, 0.6) is 0 Å². The van der Waals surface area contributed by atoms with Gasteiger partial charge >= 0.3 is 0 Å². The minimum Gasteiger partial charge on any atom is -0.388 e. The zero-order valence-corrected chi connectivity index (χ0v) is 11.3. The summed E-state index contributed by atoms with van der Waals surface area (Å²) in [5, 5.41) is 14.5. The lowest BCUT2D eigenvalue weighted by Gasteiger charge is -2.47. The standard InChI is InChI=1S/C14H27NO2/c1-3-13(2)11-14(16,8-10-17-13)12-7-5-4-6-9-15-12/h12,15-16H,3-11H2,1-2H3. The Morgan fingerprint density at radius 1 is 1.35 bits per heavy atom. The van der Waals surface area contributed by atoms with Crippen molar-refractivity contribution >= 4 is 0 Å². The molecule has 0 aromatic heterocycles. The van der Waals surface area contributed by atoms with Crippen molar-refractivity contribution in [2.24, 2.45) is 0 Å². The van der Waals surface area contributed by atoms with Crippen molar-refractivity contribution in [1.82, 2.24) is 5.32 Å². The Kier molecular flexibility index (Phi) is 4.11. The minimum absolute atomic E-state index is 0.138. The molecule has 2 heterocycles. The lowest BCUT2D eigenvalue weighted by atomic mass is 9.76.